The Hall–Kier alpha value is -2.00. The van der Waals surface area contributed by atoms with Crippen molar-refractivity contribution in [1.29, 1.82) is 0 Å². The van der Waals surface area contributed by atoms with Crippen molar-refractivity contribution in [1.82, 2.24) is 5.43 Å². The maximum absolute atomic E-state index is 13.1. The Morgan fingerprint density at radius 3 is 2.60 bits per heavy atom. The molecule has 7 nitrogen and oxygen atoms in total. The molecule has 0 saturated heterocycles. The molecule has 0 atom stereocenters. The monoisotopic (exact) mass is 403 g/mol. The number of hydrogen-bond acceptors (Lipinski definition) is 5. The summed E-state index contributed by atoms with van der Waals surface area (Å²) >= 11 is 11.9. The number of benzene rings is 2. The van der Waals surface area contributed by atoms with E-state index in [1.54, 1.807) is 12.1 Å². The summed E-state index contributed by atoms with van der Waals surface area (Å²) in [6.45, 7) is -0.547. The second kappa shape index (κ2) is 7.92. The summed E-state index contributed by atoms with van der Waals surface area (Å²) < 4.78 is 32.1. The molecule has 0 aliphatic carbocycles. The predicted octanol–water partition coefficient (Wildman–Crippen LogP) is 2.19. The van der Waals surface area contributed by atoms with E-state index in [9.17, 15) is 13.2 Å². The van der Waals surface area contributed by atoms with Crippen molar-refractivity contribution in [3.63, 3.8) is 0 Å². The third-order valence-corrected chi connectivity index (χ3v) is 5.74. The molecule has 0 aromatic heterocycles. The SMILES string of the molecule is COc1cccc(N(CC(=O)NN)S(=O)(=O)c2cc(Cl)ccc2Cl)c1. The van der Waals surface area contributed by atoms with E-state index in [1.807, 2.05) is 5.43 Å². The zero-order valence-corrected chi connectivity index (χ0v) is 15.4. The van der Waals surface area contributed by atoms with Gasteiger partial charge in [-0.15, -0.1) is 0 Å². The number of anilines is 1. The Morgan fingerprint density at radius 2 is 1.96 bits per heavy atom. The van der Waals surface area contributed by atoms with Crippen LogP contribution in [0.25, 0.3) is 0 Å². The number of carbonyl (C=O) groups is 1. The van der Waals surface area contributed by atoms with Crippen molar-refractivity contribution in [3.8, 4) is 5.75 Å². The van der Waals surface area contributed by atoms with E-state index in [0.717, 1.165) is 4.31 Å². The van der Waals surface area contributed by atoms with E-state index in [2.05, 4.69) is 0 Å². The third-order valence-electron chi connectivity index (χ3n) is 3.25. The van der Waals surface area contributed by atoms with Gasteiger partial charge in [-0.05, 0) is 30.3 Å². The molecule has 3 N–H and O–H groups in total. The van der Waals surface area contributed by atoms with Crippen molar-refractivity contribution >= 4 is 44.8 Å². The Bertz CT molecular complexity index is 890. The highest BCUT2D eigenvalue weighted by atomic mass is 35.5. The van der Waals surface area contributed by atoms with Crippen molar-refractivity contribution in [2.24, 2.45) is 5.84 Å². The summed E-state index contributed by atoms with van der Waals surface area (Å²) in [6.07, 6.45) is 0. The molecule has 134 valence electrons. The van der Waals surface area contributed by atoms with Crippen LogP contribution in [0.3, 0.4) is 0 Å². The minimum absolute atomic E-state index is 0.0227. The molecule has 0 aliphatic heterocycles. The Kier molecular flexibility index (Phi) is 6.12. The van der Waals surface area contributed by atoms with Crippen LogP contribution in [-0.4, -0.2) is 28.0 Å². The quantitative estimate of drug-likeness (QED) is 0.437. The van der Waals surface area contributed by atoms with Gasteiger partial charge >= 0.3 is 0 Å². The molecule has 2 aromatic carbocycles. The number of carbonyl (C=O) groups excluding carboxylic acids is 1. The molecule has 0 saturated carbocycles. The maximum atomic E-state index is 13.1. The molecule has 2 rings (SSSR count). The Labute approximate surface area is 155 Å². The van der Waals surface area contributed by atoms with E-state index in [1.165, 1.54) is 37.4 Å². The van der Waals surface area contributed by atoms with Crippen LogP contribution in [0.1, 0.15) is 0 Å². The number of nitrogens with zero attached hydrogens (tertiary/aromatic N) is 1. The highest BCUT2D eigenvalue weighted by Gasteiger charge is 2.29. The van der Waals surface area contributed by atoms with Gasteiger partial charge in [0.2, 0.25) is 0 Å². The van der Waals surface area contributed by atoms with Gasteiger partial charge in [0.1, 0.15) is 17.2 Å². The Balaban J connectivity index is 2.61. The van der Waals surface area contributed by atoms with Crippen LogP contribution in [0, 0.1) is 0 Å². The second-order valence-electron chi connectivity index (χ2n) is 4.86. The number of rotatable bonds is 6. The summed E-state index contributed by atoms with van der Waals surface area (Å²) in [5.41, 5.74) is 2.12. The van der Waals surface area contributed by atoms with E-state index in [4.69, 9.17) is 33.8 Å². The second-order valence-corrected chi connectivity index (χ2v) is 7.53. The first-order valence-electron chi connectivity index (χ1n) is 6.91. The number of halogens is 2. The lowest BCUT2D eigenvalue weighted by Gasteiger charge is -2.24. The van der Waals surface area contributed by atoms with Crippen LogP contribution in [0.5, 0.6) is 5.75 Å². The summed E-state index contributed by atoms with van der Waals surface area (Å²) in [6, 6.07) is 10.3. The fraction of sp³-hybridized carbons (Fsp3) is 0.133. The first-order chi connectivity index (χ1) is 11.8. The fourth-order valence-corrected chi connectivity index (χ4v) is 4.20. The minimum Gasteiger partial charge on any atom is -0.497 e. The van der Waals surface area contributed by atoms with Gasteiger partial charge in [0.25, 0.3) is 15.9 Å². The summed E-state index contributed by atoms with van der Waals surface area (Å²) in [7, 11) is -2.75. The molecule has 0 heterocycles. The van der Waals surface area contributed by atoms with Gasteiger partial charge < -0.3 is 4.74 Å². The number of methoxy groups -OCH3 is 1. The van der Waals surface area contributed by atoms with Crippen LogP contribution in [-0.2, 0) is 14.8 Å². The minimum atomic E-state index is -4.19. The predicted molar refractivity (Wildman–Crippen MR) is 96.3 cm³/mol. The molecular formula is C15H15Cl2N3O4S. The highest BCUT2D eigenvalue weighted by Crippen LogP contribution is 2.31. The normalized spacial score (nSPS) is 11.0. The molecule has 0 radical (unpaired) electrons. The van der Waals surface area contributed by atoms with Crippen molar-refractivity contribution in [2.45, 2.75) is 4.90 Å². The van der Waals surface area contributed by atoms with Gasteiger partial charge in [0, 0.05) is 11.1 Å². The van der Waals surface area contributed by atoms with Crippen molar-refractivity contribution in [3.05, 3.63) is 52.5 Å². The molecule has 0 aliphatic rings. The first-order valence-corrected chi connectivity index (χ1v) is 9.10. The number of nitrogens with two attached hydrogens (primary N) is 1. The number of hydrazine groups is 1. The summed E-state index contributed by atoms with van der Waals surface area (Å²) in [5, 5.41) is 0.169. The standard InChI is InChI=1S/C15H15Cl2N3O4S/c1-24-12-4-2-3-11(8-12)20(9-15(21)19-18)25(22,23)14-7-10(16)5-6-13(14)17/h2-8H,9,18H2,1H3,(H,19,21). The lowest BCUT2D eigenvalue weighted by molar-refractivity contribution is -0.119. The molecule has 0 fully saturated rings. The number of nitrogens with one attached hydrogen (secondary N) is 1. The maximum Gasteiger partial charge on any atom is 0.266 e. The lowest BCUT2D eigenvalue weighted by atomic mass is 10.3. The van der Waals surface area contributed by atoms with Crippen LogP contribution < -0.4 is 20.3 Å². The van der Waals surface area contributed by atoms with Gasteiger partial charge in [0.05, 0.1) is 17.8 Å². The van der Waals surface area contributed by atoms with E-state index >= 15 is 0 Å². The van der Waals surface area contributed by atoms with Gasteiger partial charge in [0.15, 0.2) is 0 Å². The molecule has 10 heteroatoms. The fourth-order valence-electron chi connectivity index (χ4n) is 2.05. The topological polar surface area (TPSA) is 102 Å². The molecular weight excluding hydrogens is 389 g/mol. The zero-order valence-electron chi connectivity index (χ0n) is 13.1. The molecule has 0 spiro atoms. The average Bonchev–Trinajstić information content (AvgIpc) is 2.61. The van der Waals surface area contributed by atoms with E-state index in [0.29, 0.717) is 5.75 Å². The van der Waals surface area contributed by atoms with E-state index in [-0.39, 0.29) is 20.6 Å². The highest BCUT2D eigenvalue weighted by molar-refractivity contribution is 7.93. The average molecular weight is 404 g/mol. The smallest absolute Gasteiger partial charge is 0.266 e. The molecule has 2 aromatic rings. The van der Waals surface area contributed by atoms with Crippen molar-refractivity contribution < 1.29 is 17.9 Å². The largest absolute Gasteiger partial charge is 0.497 e. The zero-order chi connectivity index (χ0) is 18.6. The van der Waals surface area contributed by atoms with E-state index < -0.39 is 22.5 Å². The number of amides is 1. The number of ether oxygens (including phenoxy) is 1. The van der Waals surface area contributed by atoms with Gasteiger partial charge in [-0.25, -0.2) is 14.3 Å². The van der Waals surface area contributed by atoms with Crippen LogP contribution in [0.15, 0.2) is 47.4 Å². The first kappa shape index (κ1) is 19.3. The van der Waals surface area contributed by atoms with Crippen LogP contribution in [0.2, 0.25) is 10.0 Å². The summed E-state index contributed by atoms with van der Waals surface area (Å²) in [5.74, 6) is 4.81. The lowest BCUT2D eigenvalue weighted by Crippen LogP contribution is -2.43. The van der Waals surface area contributed by atoms with Gasteiger partial charge in [-0.2, -0.15) is 0 Å². The van der Waals surface area contributed by atoms with Gasteiger partial charge in [-0.1, -0.05) is 29.3 Å². The van der Waals surface area contributed by atoms with Crippen LogP contribution in [0.4, 0.5) is 5.69 Å². The van der Waals surface area contributed by atoms with Crippen molar-refractivity contribution in [2.75, 3.05) is 18.0 Å². The number of hydrogen-bond donors (Lipinski definition) is 2. The molecule has 0 bridgehead atoms. The molecule has 0 unspecified atom stereocenters. The third kappa shape index (κ3) is 4.35. The Morgan fingerprint density at radius 1 is 1.24 bits per heavy atom. The van der Waals surface area contributed by atoms with Crippen LogP contribution >= 0.6 is 23.2 Å². The summed E-state index contributed by atoms with van der Waals surface area (Å²) in [4.78, 5) is 11.5. The van der Waals surface area contributed by atoms with Gasteiger partial charge in [-0.3, -0.25) is 14.5 Å². The molecule has 25 heavy (non-hydrogen) atoms. The number of sulfonamides is 1. The molecule has 1 amide bonds.